The molecule has 0 aliphatic carbocycles. The summed E-state index contributed by atoms with van der Waals surface area (Å²) in [6.07, 6.45) is 1.13. The largest absolute Gasteiger partial charge is 0.495 e. The zero-order valence-electron chi connectivity index (χ0n) is 8.75. The molecule has 4 heteroatoms. The average Bonchev–Trinajstić information content (AvgIpc) is 2.21. The lowest BCUT2D eigenvalue weighted by Gasteiger charge is -2.08. The monoisotopic (exact) mass is 228 g/mol. The summed E-state index contributed by atoms with van der Waals surface area (Å²) in [7, 11) is 1.51. The van der Waals surface area contributed by atoms with Gasteiger partial charge in [-0.15, -0.1) is 0 Å². The van der Waals surface area contributed by atoms with E-state index in [0.717, 1.165) is 6.42 Å². The highest BCUT2D eigenvalue weighted by Gasteiger charge is 2.10. The Bertz CT molecular complexity index is 350. The van der Waals surface area contributed by atoms with Gasteiger partial charge in [-0.3, -0.25) is 4.79 Å². The molecule has 0 aliphatic heterocycles. The third-order valence-corrected chi connectivity index (χ3v) is 2.20. The van der Waals surface area contributed by atoms with Crippen LogP contribution in [-0.2, 0) is 4.79 Å². The Morgan fingerprint density at radius 3 is 2.67 bits per heavy atom. The van der Waals surface area contributed by atoms with Crippen LogP contribution in [0.15, 0.2) is 18.2 Å². The van der Waals surface area contributed by atoms with E-state index in [-0.39, 0.29) is 5.97 Å². The number of hydrogen-bond donors (Lipinski definition) is 0. The number of esters is 1. The van der Waals surface area contributed by atoms with E-state index in [2.05, 4.69) is 0 Å². The Hall–Kier alpha value is -1.22. The number of methoxy groups -OCH3 is 1. The van der Waals surface area contributed by atoms with Crippen molar-refractivity contribution < 1.29 is 14.3 Å². The Balaban J connectivity index is 2.81. The molecule has 1 aromatic carbocycles. The average molecular weight is 229 g/mol. The molecule has 0 spiro atoms. The number of rotatable bonds is 4. The summed E-state index contributed by atoms with van der Waals surface area (Å²) in [4.78, 5) is 11.2. The van der Waals surface area contributed by atoms with Crippen molar-refractivity contribution in [2.24, 2.45) is 0 Å². The van der Waals surface area contributed by atoms with Crippen LogP contribution in [0, 0.1) is 0 Å². The molecule has 0 radical (unpaired) electrons. The van der Waals surface area contributed by atoms with Crippen LogP contribution in [0.2, 0.25) is 5.02 Å². The molecule has 0 saturated carbocycles. The maximum atomic E-state index is 11.2. The van der Waals surface area contributed by atoms with E-state index in [1.165, 1.54) is 7.11 Å². The predicted octanol–water partition coefficient (Wildman–Crippen LogP) is 3.05. The molecule has 0 saturated heterocycles. The SMILES string of the molecule is CCCC(=O)Oc1cccc(OC)c1Cl. The van der Waals surface area contributed by atoms with Gasteiger partial charge in [0.1, 0.15) is 10.8 Å². The number of ether oxygens (including phenoxy) is 2. The molecule has 0 heterocycles. The van der Waals surface area contributed by atoms with Crippen molar-refractivity contribution in [3.63, 3.8) is 0 Å². The fourth-order valence-corrected chi connectivity index (χ4v) is 1.35. The van der Waals surface area contributed by atoms with Crippen molar-refractivity contribution >= 4 is 17.6 Å². The van der Waals surface area contributed by atoms with Crippen molar-refractivity contribution in [1.29, 1.82) is 0 Å². The highest BCUT2D eigenvalue weighted by Crippen LogP contribution is 2.33. The molecule has 0 aromatic heterocycles. The standard InChI is InChI=1S/C11H13ClO3/c1-3-5-10(13)15-9-7-4-6-8(14-2)11(9)12/h4,6-7H,3,5H2,1-2H3. The molecular weight excluding hydrogens is 216 g/mol. The van der Waals surface area contributed by atoms with Gasteiger partial charge >= 0.3 is 5.97 Å². The number of halogens is 1. The molecule has 1 aromatic rings. The minimum atomic E-state index is -0.285. The molecule has 0 N–H and O–H groups in total. The highest BCUT2D eigenvalue weighted by molar-refractivity contribution is 6.33. The second kappa shape index (κ2) is 5.61. The molecule has 3 nitrogen and oxygen atoms in total. The summed E-state index contributed by atoms with van der Waals surface area (Å²) in [6.45, 7) is 1.91. The molecule has 0 amide bonds. The number of hydrogen-bond acceptors (Lipinski definition) is 3. The fourth-order valence-electron chi connectivity index (χ4n) is 1.10. The van der Waals surface area contributed by atoms with E-state index in [0.29, 0.717) is 22.9 Å². The smallest absolute Gasteiger partial charge is 0.311 e. The first-order chi connectivity index (χ1) is 7.19. The van der Waals surface area contributed by atoms with Crippen LogP contribution in [0.25, 0.3) is 0 Å². The van der Waals surface area contributed by atoms with Crippen LogP contribution in [0.1, 0.15) is 19.8 Å². The summed E-state index contributed by atoms with van der Waals surface area (Å²) in [5, 5.41) is 0.324. The third kappa shape index (κ3) is 3.13. The number of carbonyl (C=O) groups excluding carboxylic acids is 1. The van der Waals surface area contributed by atoms with Crippen LogP contribution in [0.4, 0.5) is 0 Å². The lowest BCUT2D eigenvalue weighted by atomic mass is 10.3. The lowest BCUT2D eigenvalue weighted by molar-refractivity contribution is -0.134. The van der Waals surface area contributed by atoms with Crippen LogP contribution < -0.4 is 9.47 Å². The molecule has 0 aliphatic rings. The first-order valence-electron chi connectivity index (χ1n) is 4.72. The van der Waals surface area contributed by atoms with Gasteiger partial charge in [0.25, 0.3) is 0 Å². The summed E-state index contributed by atoms with van der Waals surface area (Å²) in [5.41, 5.74) is 0. The summed E-state index contributed by atoms with van der Waals surface area (Å²) in [5.74, 6) is 0.556. The molecular formula is C11H13ClO3. The van der Waals surface area contributed by atoms with Gasteiger partial charge in [0.2, 0.25) is 0 Å². The van der Waals surface area contributed by atoms with Gasteiger partial charge in [-0.1, -0.05) is 24.6 Å². The Labute approximate surface area is 93.9 Å². The second-order valence-corrected chi connectivity index (χ2v) is 3.37. The first kappa shape index (κ1) is 11.9. The molecule has 82 valence electrons. The van der Waals surface area contributed by atoms with E-state index < -0.39 is 0 Å². The molecule has 0 unspecified atom stereocenters. The fraction of sp³-hybridized carbons (Fsp3) is 0.364. The quantitative estimate of drug-likeness (QED) is 0.587. The number of benzene rings is 1. The van der Waals surface area contributed by atoms with E-state index >= 15 is 0 Å². The van der Waals surface area contributed by atoms with E-state index in [1.54, 1.807) is 18.2 Å². The summed E-state index contributed by atoms with van der Waals surface area (Å²) >= 11 is 5.95. The summed E-state index contributed by atoms with van der Waals surface area (Å²) < 4.78 is 10.1. The van der Waals surface area contributed by atoms with Gasteiger partial charge in [-0.2, -0.15) is 0 Å². The molecule has 0 fully saturated rings. The Kier molecular flexibility index (Phi) is 4.43. The third-order valence-electron chi connectivity index (χ3n) is 1.83. The van der Waals surface area contributed by atoms with Crippen LogP contribution in [-0.4, -0.2) is 13.1 Å². The topological polar surface area (TPSA) is 35.5 Å². The van der Waals surface area contributed by atoms with Gasteiger partial charge in [0, 0.05) is 6.42 Å². The zero-order chi connectivity index (χ0) is 11.3. The minimum Gasteiger partial charge on any atom is -0.495 e. The lowest BCUT2D eigenvalue weighted by Crippen LogP contribution is -2.07. The normalized spacial score (nSPS) is 9.80. The second-order valence-electron chi connectivity index (χ2n) is 3.00. The molecule has 1 rings (SSSR count). The van der Waals surface area contributed by atoms with Crippen LogP contribution >= 0.6 is 11.6 Å². The van der Waals surface area contributed by atoms with Crippen molar-refractivity contribution in [3.05, 3.63) is 23.2 Å². The molecule has 0 bridgehead atoms. The molecule has 0 atom stereocenters. The van der Waals surface area contributed by atoms with E-state index in [9.17, 15) is 4.79 Å². The maximum absolute atomic E-state index is 11.2. The predicted molar refractivity (Wildman–Crippen MR) is 58.5 cm³/mol. The van der Waals surface area contributed by atoms with Crippen molar-refractivity contribution in [1.82, 2.24) is 0 Å². The first-order valence-corrected chi connectivity index (χ1v) is 5.10. The molecule has 15 heavy (non-hydrogen) atoms. The Morgan fingerprint density at radius 1 is 1.40 bits per heavy atom. The van der Waals surface area contributed by atoms with E-state index in [4.69, 9.17) is 21.1 Å². The highest BCUT2D eigenvalue weighted by atomic mass is 35.5. The van der Waals surface area contributed by atoms with Crippen molar-refractivity contribution in [2.45, 2.75) is 19.8 Å². The van der Waals surface area contributed by atoms with Gasteiger partial charge < -0.3 is 9.47 Å². The number of carbonyl (C=O) groups is 1. The van der Waals surface area contributed by atoms with Gasteiger partial charge in [-0.05, 0) is 18.6 Å². The van der Waals surface area contributed by atoms with Crippen LogP contribution in [0.5, 0.6) is 11.5 Å². The van der Waals surface area contributed by atoms with E-state index in [1.807, 2.05) is 6.92 Å². The van der Waals surface area contributed by atoms with Crippen LogP contribution in [0.3, 0.4) is 0 Å². The maximum Gasteiger partial charge on any atom is 0.311 e. The van der Waals surface area contributed by atoms with Gasteiger partial charge in [-0.25, -0.2) is 0 Å². The zero-order valence-corrected chi connectivity index (χ0v) is 9.50. The van der Waals surface area contributed by atoms with Crippen molar-refractivity contribution in [3.8, 4) is 11.5 Å². The minimum absolute atomic E-state index is 0.285. The van der Waals surface area contributed by atoms with Crippen molar-refractivity contribution in [2.75, 3.05) is 7.11 Å². The Morgan fingerprint density at radius 2 is 2.07 bits per heavy atom. The summed E-state index contributed by atoms with van der Waals surface area (Å²) in [6, 6.07) is 5.07. The van der Waals surface area contributed by atoms with Gasteiger partial charge in [0.15, 0.2) is 5.75 Å². The van der Waals surface area contributed by atoms with Gasteiger partial charge in [0.05, 0.1) is 7.11 Å².